The molecule has 0 saturated heterocycles. The van der Waals surface area contributed by atoms with Crippen LogP contribution in [0.15, 0.2) is 5.10 Å². The van der Waals surface area contributed by atoms with Crippen molar-refractivity contribution >= 4 is 5.71 Å². The molecule has 0 aromatic heterocycles. The van der Waals surface area contributed by atoms with Gasteiger partial charge in [0.25, 0.3) is 0 Å². The zero-order valence-corrected chi connectivity index (χ0v) is 5.10. The largest absolute Gasteiger partial charge is 0.370 e. The average molecular weight is 114 g/mol. The molecule has 0 amide bonds. The van der Waals surface area contributed by atoms with E-state index in [1.54, 1.807) is 6.92 Å². The van der Waals surface area contributed by atoms with Gasteiger partial charge in [0.2, 0.25) is 0 Å². The van der Waals surface area contributed by atoms with Crippen LogP contribution in [0.1, 0.15) is 20.3 Å². The van der Waals surface area contributed by atoms with Crippen molar-refractivity contribution in [3.8, 4) is 0 Å². The van der Waals surface area contributed by atoms with E-state index in [4.69, 9.17) is 5.11 Å². The molecule has 0 aliphatic carbocycles. The van der Waals surface area contributed by atoms with E-state index in [0.717, 1.165) is 5.71 Å². The first-order chi connectivity index (χ1) is 3.60. The molecule has 0 fully saturated rings. The molecule has 1 heterocycles. The van der Waals surface area contributed by atoms with Gasteiger partial charge in [-0.1, -0.05) is 0 Å². The Balaban J connectivity index is 2.55. The van der Waals surface area contributed by atoms with Crippen molar-refractivity contribution in [1.82, 2.24) is 5.43 Å². The van der Waals surface area contributed by atoms with Gasteiger partial charge in [0.15, 0.2) is 5.72 Å². The summed E-state index contributed by atoms with van der Waals surface area (Å²) in [5, 5.41) is 12.9. The van der Waals surface area contributed by atoms with Gasteiger partial charge in [-0.25, -0.2) is 0 Å². The van der Waals surface area contributed by atoms with Crippen molar-refractivity contribution in [2.75, 3.05) is 0 Å². The Bertz CT molecular complexity index is 128. The van der Waals surface area contributed by atoms with Crippen molar-refractivity contribution < 1.29 is 5.11 Å². The molecule has 8 heavy (non-hydrogen) atoms. The third-order valence-corrected chi connectivity index (χ3v) is 1.09. The molecule has 1 rings (SSSR count). The maximum atomic E-state index is 9.14. The van der Waals surface area contributed by atoms with Crippen LogP contribution in [0.4, 0.5) is 0 Å². The Hall–Kier alpha value is -0.570. The number of rotatable bonds is 0. The molecule has 1 atom stereocenters. The molecule has 46 valence electrons. The van der Waals surface area contributed by atoms with Gasteiger partial charge in [0.05, 0.1) is 0 Å². The van der Waals surface area contributed by atoms with E-state index in [0.29, 0.717) is 6.42 Å². The molecule has 0 aromatic carbocycles. The maximum Gasteiger partial charge on any atom is 0.152 e. The molecule has 0 radical (unpaired) electrons. The van der Waals surface area contributed by atoms with Gasteiger partial charge in [-0.05, 0) is 13.8 Å². The monoisotopic (exact) mass is 114 g/mol. The first-order valence-corrected chi connectivity index (χ1v) is 2.63. The van der Waals surface area contributed by atoms with Gasteiger partial charge in [-0.15, -0.1) is 0 Å². The van der Waals surface area contributed by atoms with E-state index in [9.17, 15) is 0 Å². The maximum absolute atomic E-state index is 9.14. The zero-order valence-electron chi connectivity index (χ0n) is 5.10. The Kier molecular flexibility index (Phi) is 1.01. The fourth-order valence-electron chi connectivity index (χ4n) is 0.793. The number of hydrazone groups is 1. The fourth-order valence-corrected chi connectivity index (χ4v) is 0.793. The Morgan fingerprint density at radius 3 is 2.62 bits per heavy atom. The van der Waals surface area contributed by atoms with Crippen LogP contribution < -0.4 is 5.43 Å². The second-order valence-corrected chi connectivity index (χ2v) is 2.41. The lowest BCUT2D eigenvalue weighted by molar-refractivity contribution is 0.0430. The van der Waals surface area contributed by atoms with Crippen LogP contribution >= 0.6 is 0 Å². The highest BCUT2D eigenvalue weighted by molar-refractivity contribution is 5.83. The van der Waals surface area contributed by atoms with Crippen LogP contribution in [0.3, 0.4) is 0 Å². The minimum Gasteiger partial charge on any atom is -0.370 e. The summed E-state index contributed by atoms with van der Waals surface area (Å²) in [6, 6.07) is 0. The number of nitrogens with one attached hydrogen (secondary N) is 1. The smallest absolute Gasteiger partial charge is 0.152 e. The van der Waals surface area contributed by atoms with Crippen LogP contribution in [0, 0.1) is 0 Å². The SMILES string of the molecule is CC1=NNC(C)(O)C1. The normalized spacial score (nSPS) is 36.6. The highest BCUT2D eigenvalue weighted by atomic mass is 16.3. The topological polar surface area (TPSA) is 44.6 Å². The zero-order chi connectivity index (χ0) is 6.20. The summed E-state index contributed by atoms with van der Waals surface area (Å²) in [7, 11) is 0. The highest BCUT2D eigenvalue weighted by Crippen LogP contribution is 2.11. The molecule has 0 spiro atoms. The van der Waals surface area contributed by atoms with E-state index in [2.05, 4.69) is 10.5 Å². The Labute approximate surface area is 48.4 Å². The number of aliphatic hydroxyl groups is 1. The van der Waals surface area contributed by atoms with Crippen LogP contribution in [-0.4, -0.2) is 16.5 Å². The van der Waals surface area contributed by atoms with E-state index in [1.807, 2.05) is 6.92 Å². The first kappa shape index (κ1) is 5.56. The summed E-state index contributed by atoms with van der Waals surface area (Å²) in [6.45, 7) is 3.58. The molecule has 3 heteroatoms. The van der Waals surface area contributed by atoms with Crippen molar-refractivity contribution in [3.05, 3.63) is 0 Å². The molecular formula is C5H10N2O. The Morgan fingerprint density at radius 2 is 2.50 bits per heavy atom. The van der Waals surface area contributed by atoms with Crippen molar-refractivity contribution in [2.24, 2.45) is 5.10 Å². The minimum absolute atomic E-state index is 0.632. The number of hydrogen-bond acceptors (Lipinski definition) is 3. The highest BCUT2D eigenvalue weighted by Gasteiger charge is 2.24. The van der Waals surface area contributed by atoms with Gasteiger partial charge in [-0.3, -0.25) is 5.43 Å². The van der Waals surface area contributed by atoms with Crippen LogP contribution in [0.25, 0.3) is 0 Å². The van der Waals surface area contributed by atoms with Crippen LogP contribution in [0.2, 0.25) is 0 Å². The predicted octanol–water partition coefficient (Wildman–Crippen LogP) is 0.0641. The summed E-state index contributed by atoms with van der Waals surface area (Å²) < 4.78 is 0. The van der Waals surface area contributed by atoms with Crippen molar-refractivity contribution in [3.63, 3.8) is 0 Å². The fraction of sp³-hybridized carbons (Fsp3) is 0.800. The quantitative estimate of drug-likeness (QED) is 0.468. The standard InChI is InChI=1S/C5H10N2O/c1-4-3-5(2,8)7-6-4/h7-8H,3H2,1-2H3. The lowest BCUT2D eigenvalue weighted by atomic mass is 10.1. The molecule has 1 aliphatic rings. The molecule has 3 nitrogen and oxygen atoms in total. The van der Waals surface area contributed by atoms with Gasteiger partial charge < -0.3 is 5.11 Å². The van der Waals surface area contributed by atoms with E-state index >= 15 is 0 Å². The van der Waals surface area contributed by atoms with Gasteiger partial charge in [-0.2, -0.15) is 5.10 Å². The molecule has 1 aliphatic heterocycles. The van der Waals surface area contributed by atoms with Gasteiger partial charge in [0, 0.05) is 12.1 Å². The second-order valence-electron chi connectivity index (χ2n) is 2.41. The molecule has 2 N–H and O–H groups in total. The van der Waals surface area contributed by atoms with Crippen LogP contribution in [-0.2, 0) is 0 Å². The number of hydrogen-bond donors (Lipinski definition) is 2. The third kappa shape index (κ3) is 0.980. The number of nitrogens with zero attached hydrogens (tertiary/aromatic N) is 1. The molecular weight excluding hydrogens is 104 g/mol. The lowest BCUT2D eigenvalue weighted by Crippen LogP contribution is -2.34. The lowest BCUT2D eigenvalue weighted by Gasteiger charge is -2.13. The van der Waals surface area contributed by atoms with Gasteiger partial charge >= 0.3 is 0 Å². The molecule has 0 saturated carbocycles. The third-order valence-electron chi connectivity index (χ3n) is 1.09. The summed E-state index contributed by atoms with van der Waals surface area (Å²) in [5.74, 6) is 0. The summed E-state index contributed by atoms with van der Waals surface area (Å²) in [5.41, 5.74) is 2.76. The molecule has 0 bridgehead atoms. The van der Waals surface area contributed by atoms with E-state index in [-0.39, 0.29) is 0 Å². The van der Waals surface area contributed by atoms with Crippen molar-refractivity contribution in [1.29, 1.82) is 0 Å². The molecule has 0 aromatic rings. The summed E-state index contributed by atoms with van der Waals surface area (Å²) >= 11 is 0. The minimum atomic E-state index is -0.788. The Morgan fingerprint density at radius 1 is 1.88 bits per heavy atom. The van der Waals surface area contributed by atoms with E-state index in [1.165, 1.54) is 0 Å². The van der Waals surface area contributed by atoms with Gasteiger partial charge in [0.1, 0.15) is 0 Å². The average Bonchev–Trinajstić information content (AvgIpc) is 1.82. The predicted molar refractivity (Wildman–Crippen MR) is 31.5 cm³/mol. The second kappa shape index (κ2) is 1.45. The van der Waals surface area contributed by atoms with Crippen LogP contribution in [0.5, 0.6) is 0 Å². The summed E-state index contributed by atoms with van der Waals surface area (Å²) in [6.07, 6.45) is 0.632. The van der Waals surface area contributed by atoms with Crippen molar-refractivity contribution in [2.45, 2.75) is 26.0 Å². The van der Waals surface area contributed by atoms with E-state index < -0.39 is 5.72 Å². The summed E-state index contributed by atoms with van der Waals surface area (Å²) in [4.78, 5) is 0. The molecule has 1 unspecified atom stereocenters. The first-order valence-electron chi connectivity index (χ1n) is 2.63.